The van der Waals surface area contributed by atoms with E-state index in [0.29, 0.717) is 29.0 Å². The molecule has 1 aromatic heterocycles. The van der Waals surface area contributed by atoms with Gasteiger partial charge in [0.05, 0.1) is 33.3 Å². The van der Waals surface area contributed by atoms with Crippen LogP contribution < -0.4 is 0 Å². The van der Waals surface area contributed by atoms with Crippen molar-refractivity contribution in [1.82, 2.24) is 9.55 Å². The van der Waals surface area contributed by atoms with Crippen molar-refractivity contribution in [1.29, 1.82) is 5.26 Å². The molecule has 3 rings (SSSR count). The quantitative estimate of drug-likeness (QED) is 0.704. The molecule has 0 saturated heterocycles. The second kappa shape index (κ2) is 5.19. The normalized spacial score (nSPS) is 10.8. The van der Waals surface area contributed by atoms with Crippen LogP contribution in [-0.2, 0) is 6.54 Å². The molecular formula is C16H11ClFN3. The monoisotopic (exact) mass is 299 g/mol. The maximum Gasteiger partial charge on any atom is 0.152 e. The third kappa shape index (κ3) is 2.16. The van der Waals surface area contributed by atoms with Gasteiger partial charge in [0.2, 0.25) is 0 Å². The van der Waals surface area contributed by atoms with Crippen LogP contribution in [0.25, 0.3) is 22.4 Å². The Hall–Kier alpha value is -2.38. The van der Waals surface area contributed by atoms with E-state index in [0.717, 1.165) is 5.52 Å². The van der Waals surface area contributed by atoms with Crippen LogP contribution in [0.1, 0.15) is 12.5 Å². The topological polar surface area (TPSA) is 41.6 Å². The molecular weight excluding hydrogens is 289 g/mol. The molecule has 5 heteroatoms. The lowest BCUT2D eigenvalue weighted by Crippen LogP contribution is -1.99. The minimum absolute atomic E-state index is 0.0694. The maximum absolute atomic E-state index is 14.2. The lowest BCUT2D eigenvalue weighted by atomic mass is 10.2. The van der Waals surface area contributed by atoms with Gasteiger partial charge in [-0.25, -0.2) is 9.37 Å². The zero-order chi connectivity index (χ0) is 15.0. The standard InChI is InChI=1S/C16H11ClFN3/c1-2-21-14-7-6-10(9-19)8-13(14)20-16(21)11-4-3-5-12(17)15(11)18/h3-8H,2H2,1H3. The van der Waals surface area contributed by atoms with Crippen LogP contribution in [-0.4, -0.2) is 9.55 Å². The largest absolute Gasteiger partial charge is 0.324 e. The van der Waals surface area contributed by atoms with Crippen molar-refractivity contribution in [3.8, 4) is 17.5 Å². The molecule has 0 unspecified atom stereocenters. The molecule has 0 aliphatic heterocycles. The minimum atomic E-state index is -0.482. The fourth-order valence-electron chi connectivity index (χ4n) is 2.40. The van der Waals surface area contributed by atoms with Crippen molar-refractivity contribution in [2.24, 2.45) is 0 Å². The molecule has 0 N–H and O–H groups in total. The van der Waals surface area contributed by atoms with Gasteiger partial charge in [-0.05, 0) is 37.3 Å². The first kappa shape index (κ1) is 13.6. The molecule has 0 radical (unpaired) electrons. The van der Waals surface area contributed by atoms with Gasteiger partial charge in [-0.2, -0.15) is 5.26 Å². The zero-order valence-electron chi connectivity index (χ0n) is 11.3. The first-order valence-corrected chi connectivity index (χ1v) is 6.88. The zero-order valence-corrected chi connectivity index (χ0v) is 12.0. The molecule has 3 nitrogen and oxygen atoms in total. The summed E-state index contributed by atoms with van der Waals surface area (Å²) in [5.74, 6) is 0.0345. The summed E-state index contributed by atoms with van der Waals surface area (Å²) in [6.07, 6.45) is 0. The fraction of sp³-hybridized carbons (Fsp3) is 0.125. The molecule has 3 aromatic rings. The summed E-state index contributed by atoms with van der Waals surface area (Å²) in [5.41, 5.74) is 2.43. The Bertz CT molecular complexity index is 877. The highest BCUT2D eigenvalue weighted by molar-refractivity contribution is 6.31. The van der Waals surface area contributed by atoms with Crippen LogP contribution in [0, 0.1) is 17.1 Å². The first-order valence-electron chi connectivity index (χ1n) is 6.50. The number of halogens is 2. The van der Waals surface area contributed by atoms with E-state index in [1.807, 2.05) is 17.6 Å². The Morgan fingerprint density at radius 3 is 2.86 bits per heavy atom. The number of hydrogen-bond acceptors (Lipinski definition) is 2. The van der Waals surface area contributed by atoms with Crippen molar-refractivity contribution in [3.05, 3.63) is 52.8 Å². The highest BCUT2D eigenvalue weighted by atomic mass is 35.5. The molecule has 0 bridgehead atoms. The predicted octanol–water partition coefficient (Wildman–Crippen LogP) is 4.39. The highest BCUT2D eigenvalue weighted by Gasteiger charge is 2.16. The van der Waals surface area contributed by atoms with Gasteiger partial charge in [-0.1, -0.05) is 17.7 Å². The third-order valence-electron chi connectivity index (χ3n) is 3.39. The maximum atomic E-state index is 14.2. The minimum Gasteiger partial charge on any atom is -0.324 e. The number of nitrogens with zero attached hydrogens (tertiary/aromatic N) is 3. The Morgan fingerprint density at radius 2 is 2.14 bits per heavy atom. The average Bonchev–Trinajstić information content (AvgIpc) is 2.87. The summed E-state index contributed by atoms with van der Waals surface area (Å²) in [4.78, 5) is 4.48. The molecule has 0 spiro atoms. The number of imidazole rings is 1. The molecule has 1 heterocycles. The summed E-state index contributed by atoms with van der Waals surface area (Å²) in [7, 11) is 0. The number of hydrogen-bond donors (Lipinski definition) is 0. The van der Waals surface area contributed by atoms with E-state index in [4.69, 9.17) is 16.9 Å². The molecule has 0 atom stereocenters. The summed E-state index contributed by atoms with van der Waals surface area (Å²) < 4.78 is 16.1. The molecule has 0 saturated carbocycles. The summed E-state index contributed by atoms with van der Waals surface area (Å²) in [6.45, 7) is 2.61. The van der Waals surface area contributed by atoms with E-state index < -0.39 is 5.82 Å². The van der Waals surface area contributed by atoms with Crippen molar-refractivity contribution in [2.75, 3.05) is 0 Å². The second-order valence-corrected chi connectivity index (χ2v) is 5.00. The van der Waals surface area contributed by atoms with Crippen LogP contribution in [0.15, 0.2) is 36.4 Å². The fourth-order valence-corrected chi connectivity index (χ4v) is 2.58. The van der Waals surface area contributed by atoms with Crippen LogP contribution in [0.2, 0.25) is 5.02 Å². The smallest absolute Gasteiger partial charge is 0.152 e. The van der Waals surface area contributed by atoms with Gasteiger partial charge >= 0.3 is 0 Å². The number of benzene rings is 2. The Kier molecular flexibility index (Phi) is 3.36. The number of rotatable bonds is 2. The van der Waals surface area contributed by atoms with Crippen LogP contribution in [0.5, 0.6) is 0 Å². The number of nitriles is 1. The summed E-state index contributed by atoms with van der Waals surface area (Å²) >= 11 is 5.85. The molecule has 0 aliphatic carbocycles. The molecule has 104 valence electrons. The lowest BCUT2D eigenvalue weighted by molar-refractivity contribution is 0.628. The van der Waals surface area contributed by atoms with Crippen molar-refractivity contribution >= 4 is 22.6 Å². The van der Waals surface area contributed by atoms with Crippen LogP contribution in [0.3, 0.4) is 0 Å². The van der Waals surface area contributed by atoms with Gasteiger partial charge < -0.3 is 4.57 Å². The van der Waals surface area contributed by atoms with Crippen molar-refractivity contribution < 1.29 is 4.39 Å². The van der Waals surface area contributed by atoms with E-state index in [1.54, 1.807) is 24.3 Å². The number of aryl methyl sites for hydroxylation is 1. The molecule has 0 amide bonds. The lowest BCUT2D eigenvalue weighted by Gasteiger charge is -2.07. The molecule has 0 fully saturated rings. The first-order chi connectivity index (χ1) is 10.2. The van der Waals surface area contributed by atoms with Gasteiger partial charge in [0.1, 0.15) is 5.82 Å². The second-order valence-electron chi connectivity index (χ2n) is 4.60. The van der Waals surface area contributed by atoms with E-state index >= 15 is 0 Å². The van der Waals surface area contributed by atoms with E-state index in [2.05, 4.69) is 11.1 Å². The van der Waals surface area contributed by atoms with Crippen LogP contribution >= 0.6 is 11.6 Å². The number of aromatic nitrogens is 2. The van der Waals surface area contributed by atoms with E-state index in [-0.39, 0.29) is 5.02 Å². The SMILES string of the molecule is CCn1c(-c2cccc(Cl)c2F)nc2cc(C#N)ccc21. The molecule has 0 aliphatic rings. The van der Waals surface area contributed by atoms with Gasteiger partial charge in [-0.3, -0.25) is 0 Å². The Morgan fingerprint density at radius 1 is 1.33 bits per heavy atom. The summed E-state index contributed by atoms with van der Waals surface area (Å²) in [6, 6.07) is 12.2. The predicted molar refractivity (Wildman–Crippen MR) is 80.5 cm³/mol. The van der Waals surface area contributed by atoms with Gasteiger partial charge in [0, 0.05) is 6.54 Å². The van der Waals surface area contributed by atoms with Gasteiger partial charge in [0.25, 0.3) is 0 Å². The highest BCUT2D eigenvalue weighted by Crippen LogP contribution is 2.30. The van der Waals surface area contributed by atoms with Gasteiger partial charge in [0.15, 0.2) is 5.82 Å². The van der Waals surface area contributed by atoms with E-state index in [1.165, 1.54) is 6.07 Å². The Labute approximate surface area is 126 Å². The van der Waals surface area contributed by atoms with Crippen LogP contribution in [0.4, 0.5) is 4.39 Å². The van der Waals surface area contributed by atoms with Crippen molar-refractivity contribution in [3.63, 3.8) is 0 Å². The molecule has 21 heavy (non-hydrogen) atoms. The van der Waals surface area contributed by atoms with Gasteiger partial charge in [-0.15, -0.1) is 0 Å². The third-order valence-corrected chi connectivity index (χ3v) is 3.68. The average molecular weight is 300 g/mol. The van der Waals surface area contributed by atoms with E-state index in [9.17, 15) is 4.39 Å². The Balaban J connectivity index is 2.32. The molecule has 2 aromatic carbocycles. The summed E-state index contributed by atoms with van der Waals surface area (Å²) in [5, 5.41) is 9.04. The number of fused-ring (bicyclic) bond motifs is 1. The van der Waals surface area contributed by atoms with Crippen molar-refractivity contribution in [2.45, 2.75) is 13.5 Å².